The van der Waals surface area contributed by atoms with Crippen molar-refractivity contribution in [3.63, 3.8) is 0 Å². The molecule has 0 aliphatic carbocycles. The van der Waals surface area contributed by atoms with Gasteiger partial charge >= 0.3 is 6.09 Å². The van der Waals surface area contributed by atoms with E-state index in [0.29, 0.717) is 12.5 Å². The first kappa shape index (κ1) is 7.38. The molecule has 0 aromatic heterocycles. The average Bonchev–Trinajstić information content (AvgIpc) is 2.13. The number of carbonyl (C=O) groups excluding carboxylic acids is 1. The Morgan fingerprint density at radius 2 is 2.50 bits per heavy atom. The monoisotopic (exact) mass is 143 g/mol. The summed E-state index contributed by atoms with van der Waals surface area (Å²) < 4.78 is 4.92. The van der Waals surface area contributed by atoms with Gasteiger partial charge in [0.25, 0.3) is 0 Å². The third kappa shape index (κ3) is 1.90. The topological polar surface area (TPSA) is 38.3 Å². The lowest BCUT2D eigenvalue weighted by Crippen LogP contribution is -2.16. The van der Waals surface area contributed by atoms with Crippen molar-refractivity contribution in [2.45, 2.75) is 26.4 Å². The van der Waals surface area contributed by atoms with E-state index in [1.54, 1.807) is 0 Å². The van der Waals surface area contributed by atoms with Gasteiger partial charge in [0, 0.05) is 0 Å². The van der Waals surface area contributed by atoms with E-state index in [0.717, 1.165) is 6.42 Å². The normalized spacial score (nSPS) is 24.7. The molecule has 0 saturated carbocycles. The van der Waals surface area contributed by atoms with Crippen LogP contribution in [0.15, 0.2) is 0 Å². The smallest absolute Gasteiger partial charge is 0.407 e. The van der Waals surface area contributed by atoms with E-state index in [2.05, 4.69) is 19.2 Å². The first-order valence-corrected chi connectivity index (χ1v) is 3.63. The number of amides is 1. The molecule has 58 valence electrons. The highest BCUT2D eigenvalue weighted by atomic mass is 16.6. The zero-order valence-electron chi connectivity index (χ0n) is 6.39. The van der Waals surface area contributed by atoms with Crippen LogP contribution in [0.5, 0.6) is 0 Å². The number of nitrogens with one attached hydrogen (secondary N) is 1. The Kier molecular flexibility index (Phi) is 2.14. The molecule has 0 unspecified atom stereocenters. The maximum atomic E-state index is 10.5. The van der Waals surface area contributed by atoms with E-state index in [1.165, 1.54) is 0 Å². The van der Waals surface area contributed by atoms with Gasteiger partial charge in [-0.25, -0.2) is 4.79 Å². The maximum Gasteiger partial charge on any atom is 0.407 e. The zero-order valence-corrected chi connectivity index (χ0v) is 6.39. The molecule has 1 atom stereocenters. The van der Waals surface area contributed by atoms with Crippen molar-refractivity contribution in [2.75, 3.05) is 6.54 Å². The van der Waals surface area contributed by atoms with Gasteiger partial charge in [-0.3, -0.25) is 0 Å². The molecule has 1 saturated heterocycles. The highest BCUT2D eigenvalue weighted by molar-refractivity contribution is 5.69. The predicted octanol–water partition coefficient (Wildman–Crippen LogP) is 1.14. The largest absolute Gasteiger partial charge is 0.444 e. The van der Waals surface area contributed by atoms with Gasteiger partial charge < -0.3 is 10.1 Å². The van der Waals surface area contributed by atoms with Gasteiger partial charge in [-0.1, -0.05) is 13.8 Å². The molecule has 0 radical (unpaired) electrons. The predicted molar refractivity (Wildman–Crippen MR) is 37.7 cm³/mol. The minimum atomic E-state index is -0.273. The van der Waals surface area contributed by atoms with Crippen LogP contribution >= 0.6 is 0 Å². The van der Waals surface area contributed by atoms with Gasteiger partial charge in [0.05, 0.1) is 6.54 Å². The summed E-state index contributed by atoms with van der Waals surface area (Å²) in [6.45, 7) is 4.91. The van der Waals surface area contributed by atoms with Crippen LogP contribution in [0, 0.1) is 5.92 Å². The number of ether oxygens (including phenoxy) is 1. The van der Waals surface area contributed by atoms with Gasteiger partial charge in [0.2, 0.25) is 0 Å². The van der Waals surface area contributed by atoms with Gasteiger partial charge in [-0.15, -0.1) is 0 Å². The fraction of sp³-hybridized carbons (Fsp3) is 0.857. The molecule has 1 amide bonds. The van der Waals surface area contributed by atoms with E-state index >= 15 is 0 Å². The van der Waals surface area contributed by atoms with E-state index in [-0.39, 0.29) is 12.2 Å². The number of hydrogen-bond acceptors (Lipinski definition) is 2. The summed E-state index contributed by atoms with van der Waals surface area (Å²) in [5, 5.41) is 2.61. The molecule has 1 aliphatic rings. The molecule has 1 aliphatic heterocycles. The summed E-state index contributed by atoms with van der Waals surface area (Å²) in [7, 11) is 0. The molecule has 0 spiro atoms. The third-order valence-electron chi connectivity index (χ3n) is 1.48. The van der Waals surface area contributed by atoms with Crippen LogP contribution in [0.25, 0.3) is 0 Å². The van der Waals surface area contributed by atoms with Crippen molar-refractivity contribution in [3.8, 4) is 0 Å². The summed E-state index contributed by atoms with van der Waals surface area (Å²) in [5.41, 5.74) is 0. The van der Waals surface area contributed by atoms with Crippen LogP contribution in [0.4, 0.5) is 4.79 Å². The Balaban J connectivity index is 2.24. The van der Waals surface area contributed by atoms with E-state index < -0.39 is 0 Å². The SMILES string of the molecule is CC(C)C[C@H]1CNC(=O)O1. The summed E-state index contributed by atoms with van der Waals surface area (Å²) in [4.78, 5) is 10.5. The fourth-order valence-corrected chi connectivity index (χ4v) is 1.09. The van der Waals surface area contributed by atoms with Crippen molar-refractivity contribution in [3.05, 3.63) is 0 Å². The molecule has 0 bridgehead atoms. The molecule has 1 N–H and O–H groups in total. The van der Waals surface area contributed by atoms with Crippen molar-refractivity contribution >= 4 is 6.09 Å². The molecular formula is C7H13NO2. The van der Waals surface area contributed by atoms with Gasteiger partial charge in [0.15, 0.2) is 0 Å². The fourth-order valence-electron chi connectivity index (χ4n) is 1.09. The van der Waals surface area contributed by atoms with E-state index in [1.807, 2.05) is 0 Å². The van der Waals surface area contributed by atoms with Crippen molar-refractivity contribution in [2.24, 2.45) is 5.92 Å². The number of hydrogen-bond donors (Lipinski definition) is 1. The van der Waals surface area contributed by atoms with Crippen molar-refractivity contribution in [1.82, 2.24) is 5.32 Å². The summed E-state index contributed by atoms with van der Waals surface area (Å²) in [6.07, 6.45) is 0.789. The second-order valence-electron chi connectivity index (χ2n) is 3.04. The van der Waals surface area contributed by atoms with E-state index in [9.17, 15) is 4.79 Å². The molecule has 1 rings (SSSR count). The van der Waals surface area contributed by atoms with Crippen LogP contribution in [0.2, 0.25) is 0 Å². The summed E-state index contributed by atoms with van der Waals surface area (Å²) >= 11 is 0. The summed E-state index contributed by atoms with van der Waals surface area (Å²) in [6, 6.07) is 0. The van der Waals surface area contributed by atoms with Gasteiger partial charge in [-0.2, -0.15) is 0 Å². The van der Waals surface area contributed by atoms with Crippen molar-refractivity contribution < 1.29 is 9.53 Å². The highest BCUT2D eigenvalue weighted by Gasteiger charge is 2.22. The highest BCUT2D eigenvalue weighted by Crippen LogP contribution is 2.10. The number of rotatable bonds is 2. The van der Waals surface area contributed by atoms with E-state index in [4.69, 9.17) is 4.74 Å². The Morgan fingerprint density at radius 1 is 1.80 bits per heavy atom. The van der Waals surface area contributed by atoms with Crippen molar-refractivity contribution in [1.29, 1.82) is 0 Å². The molecule has 3 nitrogen and oxygen atoms in total. The quantitative estimate of drug-likeness (QED) is 0.629. The molecule has 0 aromatic carbocycles. The minimum absolute atomic E-state index is 0.104. The first-order chi connectivity index (χ1) is 4.68. The van der Waals surface area contributed by atoms with Crippen LogP contribution in [0.3, 0.4) is 0 Å². The van der Waals surface area contributed by atoms with Gasteiger partial charge in [0.1, 0.15) is 6.10 Å². The minimum Gasteiger partial charge on any atom is -0.444 e. The zero-order chi connectivity index (χ0) is 7.56. The van der Waals surface area contributed by atoms with Crippen LogP contribution in [0.1, 0.15) is 20.3 Å². The molecule has 1 heterocycles. The lowest BCUT2D eigenvalue weighted by atomic mass is 10.1. The second kappa shape index (κ2) is 2.90. The number of alkyl carbamates (subject to hydrolysis) is 1. The first-order valence-electron chi connectivity index (χ1n) is 3.63. The molecule has 1 fully saturated rings. The van der Waals surface area contributed by atoms with Crippen LogP contribution in [-0.2, 0) is 4.74 Å². The Labute approximate surface area is 60.7 Å². The molecule has 0 aromatic rings. The van der Waals surface area contributed by atoms with Crippen LogP contribution in [-0.4, -0.2) is 18.7 Å². The standard InChI is InChI=1S/C7H13NO2/c1-5(2)3-6-4-8-7(9)10-6/h5-6H,3-4H2,1-2H3,(H,8,9)/t6-/m0/s1. The lowest BCUT2D eigenvalue weighted by molar-refractivity contribution is 0.128. The third-order valence-corrected chi connectivity index (χ3v) is 1.48. The Hall–Kier alpha value is -0.730. The molecular weight excluding hydrogens is 130 g/mol. The molecule has 3 heteroatoms. The second-order valence-corrected chi connectivity index (χ2v) is 3.04. The molecule has 10 heavy (non-hydrogen) atoms. The van der Waals surface area contributed by atoms with Crippen LogP contribution < -0.4 is 5.32 Å². The Morgan fingerprint density at radius 3 is 2.90 bits per heavy atom. The Bertz CT molecular complexity index is 134. The number of cyclic esters (lactones) is 1. The number of carbonyl (C=O) groups is 1. The summed E-state index contributed by atoms with van der Waals surface area (Å²) in [5.74, 6) is 0.595. The average molecular weight is 143 g/mol. The maximum absolute atomic E-state index is 10.5. The lowest BCUT2D eigenvalue weighted by Gasteiger charge is -2.08. The van der Waals surface area contributed by atoms with Gasteiger partial charge in [-0.05, 0) is 12.3 Å².